The number of anilines is 1. The first-order valence-electron chi connectivity index (χ1n) is 10.4. The minimum absolute atomic E-state index is 0.198. The number of methoxy groups -OCH3 is 1. The molecule has 1 amide bonds. The zero-order valence-electron chi connectivity index (χ0n) is 18.2. The van der Waals surface area contributed by atoms with Crippen LogP contribution in [0.15, 0.2) is 42.5 Å². The lowest BCUT2D eigenvalue weighted by Crippen LogP contribution is -2.29. The molecule has 0 bridgehead atoms. The summed E-state index contributed by atoms with van der Waals surface area (Å²) in [5.41, 5.74) is 9.09. The standard InChI is InChI=1S/C24H31ClN2O3/c1-5-13-27(14-6-2)21-12-11-19(25)15-20(21)16(3)22(23(26)28)17-7-9-18(10-8-17)24(29)30-4/h7-12,15-16,22H,5-6,13-14H2,1-4H3,(H2,26,28). The van der Waals surface area contributed by atoms with Crippen LogP contribution < -0.4 is 10.6 Å². The number of amides is 1. The number of halogens is 1. The molecule has 162 valence electrons. The average molecular weight is 431 g/mol. The number of carbonyl (C=O) groups is 2. The first-order chi connectivity index (χ1) is 14.3. The molecule has 0 aliphatic heterocycles. The van der Waals surface area contributed by atoms with Gasteiger partial charge in [-0.2, -0.15) is 0 Å². The van der Waals surface area contributed by atoms with Crippen molar-refractivity contribution in [3.8, 4) is 0 Å². The second kappa shape index (κ2) is 11.0. The van der Waals surface area contributed by atoms with Crippen molar-refractivity contribution >= 4 is 29.2 Å². The molecule has 2 aromatic rings. The monoisotopic (exact) mass is 430 g/mol. The molecule has 2 aromatic carbocycles. The van der Waals surface area contributed by atoms with Gasteiger partial charge in [-0.25, -0.2) is 4.79 Å². The lowest BCUT2D eigenvalue weighted by atomic mass is 9.81. The van der Waals surface area contributed by atoms with Crippen LogP contribution in [0.25, 0.3) is 0 Å². The fraction of sp³-hybridized carbons (Fsp3) is 0.417. The second-order valence-corrected chi connectivity index (χ2v) is 7.91. The van der Waals surface area contributed by atoms with Crippen molar-refractivity contribution in [1.82, 2.24) is 0 Å². The van der Waals surface area contributed by atoms with Crippen LogP contribution >= 0.6 is 11.6 Å². The molecule has 2 atom stereocenters. The Labute approximate surface area is 184 Å². The highest BCUT2D eigenvalue weighted by atomic mass is 35.5. The van der Waals surface area contributed by atoms with Crippen molar-refractivity contribution in [3.63, 3.8) is 0 Å². The van der Waals surface area contributed by atoms with E-state index in [1.807, 2.05) is 25.1 Å². The predicted molar refractivity (Wildman–Crippen MR) is 122 cm³/mol. The lowest BCUT2D eigenvalue weighted by molar-refractivity contribution is -0.119. The minimum atomic E-state index is -0.556. The van der Waals surface area contributed by atoms with Crippen LogP contribution in [0.4, 0.5) is 5.69 Å². The number of esters is 1. The second-order valence-electron chi connectivity index (χ2n) is 7.47. The smallest absolute Gasteiger partial charge is 0.337 e. The molecule has 2 rings (SSSR count). The number of benzene rings is 2. The molecular weight excluding hydrogens is 400 g/mol. The van der Waals surface area contributed by atoms with Gasteiger partial charge >= 0.3 is 5.97 Å². The largest absolute Gasteiger partial charge is 0.465 e. The summed E-state index contributed by atoms with van der Waals surface area (Å²) >= 11 is 6.34. The van der Waals surface area contributed by atoms with Gasteiger partial charge in [-0.15, -0.1) is 0 Å². The van der Waals surface area contributed by atoms with Gasteiger partial charge in [0.2, 0.25) is 5.91 Å². The van der Waals surface area contributed by atoms with Gasteiger partial charge in [0.05, 0.1) is 18.6 Å². The van der Waals surface area contributed by atoms with E-state index in [-0.39, 0.29) is 5.92 Å². The summed E-state index contributed by atoms with van der Waals surface area (Å²) < 4.78 is 4.75. The molecule has 6 heteroatoms. The Balaban J connectivity index is 2.49. The van der Waals surface area contributed by atoms with Gasteiger partial charge in [0, 0.05) is 23.8 Å². The van der Waals surface area contributed by atoms with Crippen molar-refractivity contribution in [2.75, 3.05) is 25.1 Å². The zero-order valence-corrected chi connectivity index (χ0v) is 18.9. The average Bonchev–Trinajstić information content (AvgIpc) is 2.73. The molecule has 0 aliphatic rings. The Hall–Kier alpha value is -2.53. The van der Waals surface area contributed by atoms with E-state index in [1.165, 1.54) is 7.11 Å². The number of hydrogen-bond acceptors (Lipinski definition) is 4. The molecule has 0 heterocycles. The van der Waals surface area contributed by atoms with Crippen LogP contribution in [0.2, 0.25) is 5.02 Å². The fourth-order valence-electron chi connectivity index (χ4n) is 3.89. The van der Waals surface area contributed by atoms with Crippen molar-refractivity contribution in [2.45, 2.75) is 45.4 Å². The molecule has 0 spiro atoms. The molecule has 0 radical (unpaired) electrons. The number of nitrogens with zero attached hydrogens (tertiary/aromatic N) is 1. The molecule has 30 heavy (non-hydrogen) atoms. The topological polar surface area (TPSA) is 72.6 Å². The third kappa shape index (κ3) is 5.54. The molecular formula is C24H31ClN2O3. The van der Waals surface area contributed by atoms with E-state index in [9.17, 15) is 9.59 Å². The van der Waals surface area contributed by atoms with Gasteiger partial charge in [-0.05, 0) is 60.2 Å². The summed E-state index contributed by atoms with van der Waals surface area (Å²) in [6, 6.07) is 12.7. The van der Waals surface area contributed by atoms with Crippen LogP contribution in [0, 0.1) is 0 Å². The van der Waals surface area contributed by atoms with E-state index >= 15 is 0 Å². The number of primary amides is 1. The van der Waals surface area contributed by atoms with E-state index < -0.39 is 17.8 Å². The van der Waals surface area contributed by atoms with E-state index in [4.69, 9.17) is 22.1 Å². The summed E-state index contributed by atoms with van der Waals surface area (Å²) in [7, 11) is 1.34. The molecule has 2 unspecified atom stereocenters. The number of rotatable bonds is 10. The number of nitrogens with two attached hydrogens (primary N) is 1. The van der Waals surface area contributed by atoms with Crippen LogP contribution in [0.1, 0.15) is 66.9 Å². The maximum atomic E-state index is 12.5. The maximum Gasteiger partial charge on any atom is 0.337 e. The third-order valence-corrected chi connectivity index (χ3v) is 5.54. The van der Waals surface area contributed by atoms with E-state index in [1.54, 1.807) is 24.3 Å². The highest BCUT2D eigenvalue weighted by molar-refractivity contribution is 6.30. The van der Waals surface area contributed by atoms with Crippen molar-refractivity contribution in [3.05, 3.63) is 64.2 Å². The predicted octanol–water partition coefficient (Wildman–Crippen LogP) is 5.13. The van der Waals surface area contributed by atoms with Gasteiger partial charge in [0.1, 0.15) is 0 Å². The Kier molecular flexibility index (Phi) is 8.72. The first kappa shape index (κ1) is 23.7. The van der Waals surface area contributed by atoms with Gasteiger partial charge in [-0.3, -0.25) is 4.79 Å². The SMILES string of the molecule is CCCN(CCC)c1ccc(Cl)cc1C(C)C(C(N)=O)c1ccc(C(=O)OC)cc1. The van der Waals surface area contributed by atoms with E-state index in [0.717, 1.165) is 42.7 Å². The highest BCUT2D eigenvalue weighted by Gasteiger charge is 2.29. The van der Waals surface area contributed by atoms with Gasteiger partial charge < -0.3 is 15.4 Å². The zero-order chi connectivity index (χ0) is 22.3. The summed E-state index contributed by atoms with van der Waals surface area (Å²) in [6.07, 6.45) is 2.04. The van der Waals surface area contributed by atoms with Crippen LogP contribution in [0.3, 0.4) is 0 Å². The summed E-state index contributed by atoms with van der Waals surface area (Å²) in [6.45, 7) is 8.14. The summed E-state index contributed by atoms with van der Waals surface area (Å²) in [4.78, 5) is 26.6. The highest BCUT2D eigenvalue weighted by Crippen LogP contribution is 2.39. The first-order valence-corrected chi connectivity index (χ1v) is 10.7. The van der Waals surface area contributed by atoms with Crippen LogP contribution in [-0.2, 0) is 9.53 Å². The van der Waals surface area contributed by atoms with Crippen LogP contribution in [-0.4, -0.2) is 32.1 Å². The summed E-state index contributed by atoms with van der Waals surface area (Å²) in [5.74, 6) is -1.59. The Morgan fingerprint density at radius 1 is 1.07 bits per heavy atom. The molecule has 0 saturated heterocycles. The lowest BCUT2D eigenvalue weighted by Gasteiger charge is -2.31. The van der Waals surface area contributed by atoms with Gasteiger partial charge in [0.15, 0.2) is 0 Å². The molecule has 2 N–H and O–H groups in total. The van der Waals surface area contributed by atoms with Crippen molar-refractivity contribution in [1.29, 1.82) is 0 Å². The number of ether oxygens (including phenoxy) is 1. The molecule has 0 fully saturated rings. The van der Waals surface area contributed by atoms with Crippen molar-refractivity contribution < 1.29 is 14.3 Å². The summed E-state index contributed by atoms with van der Waals surface area (Å²) in [5, 5.41) is 0.623. The van der Waals surface area contributed by atoms with Gasteiger partial charge in [-0.1, -0.05) is 44.5 Å². The Morgan fingerprint density at radius 2 is 1.67 bits per heavy atom. The normalized spacial score (nSPS) is 12.8. The van der Waals surface area contributed by atoms with Gasteiger partial charge in [0.25, 0.3) is 0 Å². The number of hydrogen-bond donors (Lipinski definition) is 1. The third-order valence-electron chi connectivity index (χ3n) is 5.31. The minimum Gasteiger partial charge on any atom is -0.465 e. The number of carbonyl (C=O) groups excluding carboxylic acids is 2. The molecule has 0 aromatic heterocycles. The maximum absolute atomic E-state index is 12.5. The Morgan fingerprint density at radius 3 is 2.17 bits per heavy atom. The quantitative estimate of drug-likeness (QED) is 0.530. The van der Waals surface area contributed by atoms with E-state index in [2.05, 4.69) is 18.7 Å². The molecule has 5 nitrogen and oxygen atoms in total. The molecule has 0 saturated carbocycles. The fourth-order valence-corrected chi connectivity index (χ4v) is 4.07. The Bertz CT molecular complexity index is 861. The molecule has 0 aliphatic carbocycles. The van der Waals surface area contributed by atoms with E-state index in [0.29, 0.717) is 10.6 Å². The van der Waals surface area contributed by atoms with Crippen LogP contribution in [0.5, 0.6) is 0 Å². The van der Waals surface area contributed by atoms with Crippen molar-refractivity contribution in [2.24, 2.45) is 5.73 Å².